The lowest BCUT2D eigenvalue weighted by Gasteiger charge is -2.40. The van der Waals surface area contributed by atoms with E-state index in [1.165, 1.54) is 22.0 Å². The lowest BCUT2D eigenvalue weighted by Crippen LogP contribution is -2.54. The van der Waals surface area contributed by atoms with Gasteiger partial charge < -0.3 is 19.9 Å². The summed E-state index contributed by atoms with van der Waals surface area (Å²) in [6.45, 7) is 4.34. The molecule has 3 amide bonds. The number of halogens is 3. The van der Waals surface area contributed by atoms with Crippen LogP contribution >= 0.6 is 0 Å². The predicted molar refractivity (Wildman–Crippen MR) is 120 cm³/mol. The maximum absolute atomic E-state index is 15.0. The Morgan fingerprint density at radius 3 is 2.51 bits per heavy atom. The van der Waals surface area contributed by atoms with Gasteiger partial charge in [-0.15, -0.1) is 0 Å². The Bertz CT molecular complexity index is 1030. The Kier molecular flexibility index (Phi) is 7.18. The molecule has 0 saturated carbocycles. The number of alkyl halides is 1. The molecule has 0 bridgehead atoms. The number of carbonyl (C=O) groups is 3. The van der Waals surface area contributed by atoms with Crippen molar-refractivity contribution in [3.8, 4) is 0 Å². The summed E-state index contributed by atoms with van der Waals surface area (Å²) in [6.07, 6.45) is -0.154. The number of cyclic esters (lactones) is 1. The molecule has 0 radical (unpaired) electrons. The molecule has 12 heteroatoms. The van der Waals surface area contributed by atoms with Crippen LogP contribution in [-0.4, -0.2) is 96.2 Å². The van der Waals surface area contributed by atoms with Crippen LogP contribution in [0, 0.1) is 0 Å². The highest BCUT2D eigenvalue weighted by atomic mass is 19.1. The van der Waals surface area contributed by atoms with Crippen molar-refractivity contribution in [2.75, 3.05) is 39.3 Å². The average molecular weight is 496 g/mol. The highest BCUT2D eigenvalue weighted by Crippen LogP contribution is 2.34. The van der Waals surface area contributed by atoms with Gasteiger partial charge in [0.05, 0.1) is 18.8 Å². The zero-order valence-electron chi connectivity index (χ0n) is 19.6. The summed E-state index contributed by atoms with van der Waals surface area (Å²) in [5.41, 5.74) is 0.460. The van der Waals surface area contributed by atoms with Gasteiger partial charge in [-0.25, -0.2) is 13.6 Å². The van der Waals surface area contributed by atoms with E-state index in [4.69, 9.17) is 4.74 Å². The van der Waals surface area contributed by atoms with Crippen molar-refractivity contribution in [2.24, 2.45) is 4.99 Å². The number of nitrogens with zero attached hydrogens (tertiary/aromatic N) is 4. The monoisotopic (exact) mass is 495 g/mol. The zero-order chi connectivity index (χ0) is 25.3. The molecule has 3 aliphatic heterocycles. The van der Waals surface area contributed by atoms with Crippen LogP contribution < -0.4 is 5.32 Å². The van der Waals surface area contributed by atoms with E-state index in [2.05, 4.69) is 10.3 Å². The number of dihydropyridines is 1. The molecule has 3 unspecified atom stereocenters. The number of allylic oxidation sites excluding steroid dienone is 5. The maximum Gasteiger partial charge on any atom is 0.414 e. The van der Waals surface area contributed by atoms with Gasteiger partial charge in [0.1, 0.15) is 24.1 Å². The fourth-order valence-electron chi connectivity index (χ4n) is 4.55. The van der Waals surface area contributed by atoms with E-state index in [1.807, 2.05) is 0 Å². The van der Waals surface area contributed by atoms with Gasteiger partial charge in [-0.05, 0) is 19.9 Å². The molecule has 1 N–H and O–H groups in total. The number of aliphatic imine (C=N–C) groups is 1. The van der Waals surface area contributed by atoms with Crippen molar-refractivity contribution < 1.29 is 32.3 Å². The van der Waals surface area contributed by atoms with Gasteiger partial charge in [0.15, 0.2) is 5.97 Å². The third-order valence-corrected chi connectivity index (χ3v) is 6.41. The number of rotatable bonds is 5. The first-order valence-electron chi connectivity index (χ1n) is 11.6. The summed E-state index contributed by atoms with van der Waals surface area (Å²) in [5.74, 6) is -2.08. The number of amides is 3. The highest BCUT2D eigenvalue weighted by Gasteiger charge is 2.37. The van der Waals surface area contributed by atoms with Crippen molar-refractivity contribution >= 4 is 23.9 Å². The summed E-state index contributed by atoms with van der Waals surface area (Å²) >= 11 is 0. The fraction of sp³-hybridized carbons (Fsp3) is 0.565. The molecule has 4 rings (SSSR count). The first-order chi connectivity index (χ1) is 16.6. The summed E-state index contributed by atoms with van der Waals surface area (Å²) in [4.78, 5) is 45.0. The number of ether oxygens (including phenoxy) is 1. The zero-order valence-corrected chi connectivity index (χ0v) is 19.6. The summed E-state index contributed by atoms with van der Waals surface area (Å²) in [7, 11) is 0. The first-order valence-corrected chi connectivity index (χ1v) is 11.6. The second kappa shape index (κ2) is 10.1. The molecule has 0 aromatic heterocycles. The van der Waals surface area contributed by atoms with E-state index in [-0.39, 0.29) is 75.5 Å². The molecule has 1 aliphatic carbocycles. The van der Waals surface area contributed by atoms with Crippen LogP contribution in [0.25, 0.3) is 0 Å². The van der Waals surface area contributed by atoms with Crippen LogP contribution in [0.5, 0.6) is 0 Å². The second-order valence-electron chi connectivity index (χ2n) is 8.98. The molecule has 3 heterocycles. The molecule has 3 atom stereocenters. The molecule has 2 fully saturated rings. The third-order valence-electron chi connectivity index (χ3n) is 6.41. The maximum atomic E-state index is 15.0. The van der Waals surface area contributed by atoms with E-state index < -0.39 is 36.0 Å². The molecule has 35 heavy (non-hydrogen) atoms. The SMILES string of the molecule is CC1CN(C2=CC(F)=C(N3CCN(C(=O)C(C)NC(=O)C4=CCC(F)=NC4)CC3)C(F)C2)C(=O)O1. The Morgan fingerprint density at radius 1 is 1.23 bits per heavy atom. The molecule has 190 valence electrons. The van der Waals surface area contributed by atoms with Gasteiger partial charge in [-0.3, -0.25) is 19.5 Å². The first kappa shape index (κ1) is 24.8. The Hall–Kier alpha value is -3.31. The fourth-order valence-corrected chi connectivity index (χ4v) is 4.55. The van der Waals surface area contributed by atoms with Crippen molar-refractivity contribution in [1.82, 2.24) is 20.0 Å². The Balaban J connectivity index is 1.33. The summed E-state index contributed by atoms with van der Waals surface area (Å²) < 4.78 is 48.0. The quantitative estimate of drug-likeness (QED) is 0.630. The smallest absolute Gasteiger partial charge is 0.414 e. The largest absolute Gasteiger partial charge is 0.444 e. The van der Waals surface area contributed by atoms with E-state index in [9.17, 15) is 23.2 Å². The molecule has 0 aromatic rings. The predicted octanol–water partition coefficient (Wildman–Crippen LogP) is 1.98. The molecule has 2 saturated heterocycles. The number of hydrogen-bond acceptors (Lipinski definition) is 6. The van der Waals surface area contributed by atoms with E-state index in [0.29, 0.717) is 5.57 Å². The number of carbonyl (C=O) groups excluding carboxylic acids is 3. The molecule has 0 aromatic carbocycles. The minimum Gasteiger partial charge on any atom is -0.444 e. The van der Waals surface area contributed by atoms with Crippen LogP contribution in [0.2, 0.25) is 0 Å². The van der Waals surface area contributed by atoms with Crippen LogP contribution in [0.3, 0.4) is 0 Å². The van der Waals surface area contributed by atoms with Crippen LogP contribution in [-0.2, 0) is 14.3 Å². The molecular weight excluding hydrogens is 467 g/mol. The number of piperazine rings is 1. The molecular formula is C23H28F3N5O4. The Morgan fingerprint density at radius 2 is 1.94 bits per heavy atom. The highest BCUT2D eigenvalue weighted by molar-refractivity contribution is 5.98. The van der Waals surface area contributed by atoms with E-state index in [0.717, 1.165) is 0 Å². The number of hydrogen-bond donors (Lipinski definition) is 1. The number of nitrogens with one attached hydrogen (secondary N) is 1. The van der Waals surface area contributed by atoms with Crippen LogP contribution in [0.4, 0.5) is 18.0 Å². The van der Waals surface area contributed by atoms with Gasteiger partial charge >= 0.3 is 6.09 Å². The van der Waals surface area contributed by atoms with Gasteiger partial charge in [0.25, 0.3) is 0 Å². The lowest BCUT2D eigenvalue weighted by molar-refractivity contribution is -0.136. The van der Waals surface area contributed by atoms with Crippen LogP contribution in [0.15, 0.2) is 39.9 Å². The molecule has 4 aliphatic rings. The van der Waals surface area contributed by atoms with Crippen molar-refractivity contribution in [1.29, 1.82) is 0 Å². The van der Waals surface area contributed by atoms with Crippen molar-refractivity contribution in [3.63, 3.8) is 0 Å². The lowest BCUT2D eigenvalue weighted by atomic mass is 10.0. The third kappa shape index (κ3) is 5.35. The van der Waals surface area contributed by atoms with E-state index >= 15 is 4.39 Å². The topological polar surface area (TPSA) is 94.5 Å². The van der Waals surface area contributed by atoms with Gasteiger partial charge in [-0.1, -0.05) is 6.08 Å². The second-order valence-corrected chi connectivity index (χ2v) is 8.98. The minimum absolute atomic E-state index is 0.0487. The standard InChI is InChI=1S/C23H28F3N5O4/c1-13-12-31(23(34)35-13)16-9-17(24)20(18(25)10-16)29-5-7-30(8-6-29)22(33)14(2)28-21(32)15-3-4-19(26)27-11-15/h3,9,13-14,18H,4-8,10-12H2,1-2H3,(H,28,32). The van der Waals surface area contributed by atoms with Gasteiger partial charge in [0.2, 0.25) is 11.8 Å². The van der Waals surface area contributed by atoms with Gasteiger partial charge in [-0.2, -0.15) is 4.39 Å². The van der Waals surface area contributed by atoms with Gasteiger partial charge in [0, 0.05) is 50.3 Å². The minimum atomic E-state index is -1.63. The van der Waals surface area contributed by atoms with Crippen LogP contribution in [0.1, 0.15) is 26.7 Å². The molecule has 0 spiro atoms. The Labute approximate surface area is 200 Å². The summed E-state index contributed by atoms with van der Waals surface area (Å²) in [5, 5.41) is 2.61. The van der Waals surface area contributed by atoms with E-state index in [1.54, 1.807) is 18.7 Å². The summed E-state index contributed by atoms with van der Waals surface area (Å²) in [6, 6.07) is -0.821. The van der Waals surface area contributed by atoms with Crippen molar-refractivity contribution in [2.45, 2.75) is 45.0 Å². The normalized spacial score (nSPS) is 26.1. The molecule has 9 nitrogen and oxygen atoms in total. The van der Waals surface area contributed by atoms with Crippen molar-refractivity contribution in [3.05, 3.63) is 34.9 Å². The average Bonchev–Trinajstić information content (AvgIpc) is 3.16.